The molecule has 5 aliphatic rings. The lowest BCUT2D eigenvalue weighted by Gasteiger charge is -2.50. The minimum atomic E-state index is -2.18. The van der Waals surface area contributed by atoms with E-state index in [1.807, 2.05) is 6.08 Å². The van der Waals surface area contributed by atoms with Crippen molar-refractivity contribution in [3.05, 3.63) is 12.2 Å². The zero-order valence-corrected chi connectivity index (χ0v) is 56.4. The summed E-state index contributed by atoms with van der Waals surface area (Å²) in [5.74, 6) is -1.11. The minimum Gasteiger partial charge on any atom is -0.394 e. The molecule has 562 valence electrons. The molecule has 96 heavy (non-hydrogen) atoms. The van der Waals surface area contributed by atoms with Crippen LogP contribution < -0.4 is 10.6 Å². The van der Waals surface area contributed by atoms with Crippen molar-refractivity contribution in [2.75, 3.05) is 39.6 Å². The quantitative estimate of drug-likeness (QED) is 0.0252. The molecular weight excluding hydrogens is 1270 g/mol. The molecule has 18 N–H and O–H groups in total. The molecule has 5 rings (SSSR count). The highest BCUT2D eigenvalue weighted by Gasteiger charge is 2.57. The van der Waals surface area contributed by atoms with Crippen molar-refractivity contribution in [3.63, 3.8) is 0 Å². The zero-order chi connectivity index (χ0) is 70.3. The highest BCUT2D eigenvalue weighted by Crippen LogP contribution is 2.36. The summed E-state index contributed by atoms with van der Waals surface area (Å²) < 4.78 is 58.2. The van der Waals surface area contributed by atoms with Gasteiger partial charge >= 0.3 is 0 Å². The highest BCUT2D eigenvalue weighted by atomic mass is 16.8. The number of rotatable bonds is 46. The van der Waals surface area contributed by atoms with Gasteiger partial charge in [-0.05, 0) is 19.3 Å². The van der Waals surface area contributed by atoms with Gasteiger partial charge in [0.15, 0.2) is 31.5 Å². The molecule has 10 unspecified atom stereocenters. The van der Waals surface area contributed by atoms with E-state index >= 15 is 0 Å². The summed E-state index contributed by atoms with van der Waals surface area (Å²) in [5.41, 5.74) is 0. The van der Waals surface area contributed by atoms with E-state index in [1.165, 1.54) is 103 Å². The first-order valence-electron chi connectivity index (χ1n) is 35.5. The topological polar surface area (TPSA) is 474 Å². The number of nitrogens with one attached hydrogen (secondary N) is 2. The minimum absolute atomic E-state index is 0.201. The van der Waals surface area contributed by atoms with Crippen LogP contribution in [0.5, 0.6) is 0 Å². The monoisotopic (exact) mass is 1390 g/mol. The lowest BCUT2D eigenvalue weighted by Crippen LogP contribution is -2.70. The molecule has 30 heteroatoms. The molecule has 0 aromatic heterocycles. The number of allylic oxidation sites excluding steroid dienone is 1. The molecule has 0 aliphatic carbocycles. The highest BCUT2D eigenvalue weighted by molar-refractivity contribution is 5.76. The molecule has 27 atom stereocenters. The Hall–Kier alpha value is -2.36. The number of hydrogen-bond donors (Lipinski definition) is 18. The SMILES string of the molecule is CCCCCCCCCCCCC/C=C/[C@@H](O)[C@H](CO[C@@H]1OC(CO)[C@@H](O[C@@H]2OC(CO)[C@H](O[C@@H]3OC(CO)[C@H](O[C@@H]4OC(CO)[C@H](O)[C@H](O[C@@H]5OC(CO)[C@H](O)[C@H](O)C5O)C4NC(C)=O)[C@H](O)C3O)[C@H](O)C2O)[C@H](O)C1O)NC(=O)CCCCCCCCCCCCCCC. The van der Waals surface area contributed by atoms with Crippen LogP contribution in [0.25, 0.3) is 0 Å². The Labute approximate surface area is 564 Å². The van der Waals surface area contributed by atoms with E-state index in [-0.39, 0.29) is 12.3 Å². The second-order valence-corrected chi connectivity index (χ2v) is 26.4. The molecule has 2 amide bonds. The maximum absolute atomic E-state index is 13.4. The van der Waals surface area contributed by atoms with Gasteiger partial charge in [-0.15, -0.1) is 0 Å². The Morgan fingerprint density at radius 1 is 0.406 bits per heavy atom. The number of hydrogen-bond acceptors (Lipinski definition) is 28. The van der Waals surface area contributed by atoms with Gasteiger partial charge < -0.3 is 140 Å². The average molecular weight is 1390 g/mol. The van der Waals surface area contributed by atoms with Crippen LogP contribution in [0.4, 0.5) is 0 Å². The van der Waals surface area contributed by atoms with Gasteiger partial charge in [0.1, 0.15) is 122 Å². The Balaban J connectivity index is 1.18. The van der Waals surface area contributed by atoms with Gasteiger partial charge in [0, 0.05) is 13.3 Å². The standard InChI is InChI=1S/C66H120N2O28/c1-4-6-8-10-12-14-16-18-20-22-24-26-28-30-40(75)39(68-46(76)31-29-27-25-23-21-19-17-15-13-11-9-7-5-2)37-87-63-55(84)51(80)59(43(34-71)90-63)94-66-57(86)53(82)60(45(36-73)92-66)95-65-56(85)52(81)58(44(35-72)91-65)93-62-47(67-38(3)74)61(49(78)42(33-70)88-62)96-64-54(83)50(79)48(77)41(32-69)89-64/h28,30,39-45,47-66,69-73,75,77-86H,4-27,29,31-37H2,1-3H3,(H,67,74)(H,68,76)/b30-28+/t39-,40+,41?,42?,43?,44?,45?,47?,48-,49-,50-,51+,52+,53+,54?,55?,56?,57?,58-,59+,60-,61+,62-,63+,64-,65-,66-/m0/s1. The van der Waals surface area contributed by atoms with Gasteiger partial charge in [-0.3, -0.25) is 9.59 Å². The number of aliphatic hydroxyl groups excluding tert-OH is 16. The molecule has 0 spiro atoms. The van der Waals surface area contributed by atoms with Crippen LogP contribution in [-0.2, 0) is 57.0 Å². The molecule has 0 aromatic rings. The van der Waals surface area contributed by atoms with E-state index in [2.05, 4.69) is 24.5 Å². The Kier molecular flexibility index (Phi) is 40.0. The van der Waals surface area contributed by atoms with Crippen LogP contribution in [0.2, 0.25) is 0 Å². The summed E-state index contributed by atoms with van der Waals surface area (Å²) in [4.78, 5) is 26.0. The summed E-state index contributed by atoms with van der Waals surface area (Å²) >= 11 is 0. The largest absolute Gasteiger partial charge is 0.394 e. The van der Waals surface area contributed by atoms with Gasteiger partial charge in [0.2, 0.25) is 11.8 Å². The number of ether oxygens (including phenoxy) is 10. The molecule has 5 heterocycles. The smallest absolute Gasteiger partial charge is 0.220 e. The molecule has 0 aromatic carbocycles. The van der Waals surface area contributed by atoms with Gasteiger partial charge in [-0.1, -0.05) is 167 Å². The number of aliphatic hydroxyl groups is 16. The first-order chi connectivity index (χ1) is 46.2. The van der Waals surface area contributed by atoms with Crippen molar-refractivity contribution in [3.8, 4) is 0 Å². The van der Waals surface area contributed by atoms with Crippen LogP contribution in [-0.4, -0.2) is 299 Å². The molecule has 0 bridgehead atoms. The third kappa shape index (κ3) is 25.9. The second-order valence-electron chi connectivity index (χ2n) is 26.4. The van der Waals surface area contributed by atoms with Crippen molar-refractivity contribution in [2.45, 2.75) is 353 Å². The normalized spacial score (nSPS) is 36.6. The number of carbonyl (C=O) groups is 2. The summed E-state index contributed by atoms with van der Waals surface area (Å²) in [6, 6.07) is -2.69. The van der Waals surface area contributed by atoms with Crippen molar-refractivity contribution in [2.24, 2.45) is 0 Å². The Morgan fingerprint density at radius 2 is 0.750 bits per heavy atom. The molecule has 0 radical (unpaired) electrons. The third-order valence-electron chi connectivity index (χ3n) is 18.7. The van der Waals surface area contributed by atoms with Crippen molar-refractivity contribution < 1.29 is 139 Å². The van der Waals surface area contributed by atoms with Gasteiger partial charge in [-0.25, -0.2) is 0 Å². The predicted molar refractivity (Wildman–Crippen MR) is 340 cm³/mol. The van der Waals surface area contributed by atoms with Crippen LogP contribution in [0, 0.1) is 0 Å². The molecule has 30 nitrogen and oxygen atoms in total. The van der Waals surface area contributed by atoms with Crippen molar-refractivity contribution >= 4 is 11.8 Å². The van der Waals surface area contributed by atoms with E-state index < -0.39 is 211 Å². The fourth-order valence-electron chi connectivity index (χ4n) is 12.9. The van der Waals surface area contributed by atoms with E-state index in [4.69, 9.17) is 47.4 Å². The van der Waals surface area contributed by atoms with Gasteiger partial charge in [-0.2, -0.15) is 0 Å². The number of carbonyl (C=O) groups excluding carboxylic acids is 2. The average Bonchev–Trinajstić information content (AvgIpc) is 0.777. The van der Waals surface area contributed by atoms with Crippen LogP contribution in [0.1, 0.15) is 188 Å². The summed E-state index contributed by atoms with van der Waals surface area (Å²) in [7, 11) is 0. The summed E-state index contributed by atoms with van der Waals surface area (Å²) in [5, 5.41) is 180. The first-order valence-corrected chi connectivity index (χ1v) is 35.5. The number of unbranched alkanes of at least 4 members (excludes halogenated alkanes) is 23. The first kappa shape index (κ1) is 84.3. The third-order valence-corrected chi connectivity index (χ3v) is 18.7. The molecule has 5 fully saturated rings. The van der Waals surface area contributed by atoms with Crippen molar-refractivity contribution in [1.29, 1.82) is 0 Å². The van der Waals surface area contributed by atoms with Crippen LogP contribution in [0.15, 0.2) is 12.2 Å². The second kappa shape index (κ2) is 45.6. The maximum Gasteiger partial charge on any atom is 0.220 e. The van der Waals surface area contributed by atoms with E-state index in [9.17, 15) is 91.3 Å². The fourth-order valence-corrected chi connectivity index (χ4v) is 12.9. The maximum atomic E-state index is 13.4. The Bertz CT molecular complexity index is 2110. The molecular formula is C66H120N2O28. The molecule has 5 aliphatic heterocycles. The van der Waals surface area contributed by atoms with Gasteiger partial charge in [0.25, 0.3) is 0 Å². The van der Waals surface area contributed by atoms with E-state index in [0.717, 1.165) is 51.9 Å². The number of amides is 2. The van der Waals surface area contributed by atoms with Gasteiger partial charge in [0.05, 0.1) is 51.8 Å². The molecule has 0 saturated carbocycles. The lowest BCUT2D eigenvalue weighted by molar-refractivity contribution is -0.388. The summed E-state index contributed by atoms with van der Waals surface area (Å²) in [6.45, 7) is 0.379. The predicted octanol–water partition coefficient (Wildman–Crippen LogP) is -1.17. The Morgan fingerprint density at radius 3 is 1.18 bits per heavy atom. The fraction of sp³-hybridized carbons (Fsp3) is 0.939. The van der Waals surface area contributed by atoms with E-state index in [1.54, 1.807) is 6.08 Å². The van der Waals surface area contributed by atoms with E-state index in [0.29, 0.717) is 12.8 Å². The molecule has 5 saturated heterocycles. The van der Waals surface area contributed by atoms with Crippen LogP contribution in [0.3, 0.4) is 0 Å². The van der Waals surface area contributed by atoms with Crippen LogP contribution >= 0.6 is 0 Å². The summed E-state index contributed by atoms with van der Waals surface area (Å²) in [6.07, 6.45) is -13.6. The van der Waals surface area contributed by atoms with Crippen molar-refractivity contribution in [1.82, 2.24) is 10.6 Å². The lowest BCUT2D eigenvalue weighted by atomic mass is 9.94. The zero-order valence-electron chi connectivity index (χ0n) is 56.4.